The van der Waals surface area contributed by atoms with Crippen LogP contribution in [0.3, 0.4) is 0 Å². The van der Waals surface area contributed by atoms with Gasteiger partial charge in [0.15, 0.2) is 0 Å². The lowest BCUT2D eigenvalue weighted by Crippen LogP contribution is -2.47. The minimum absolute atomic E-state index is 0.102. The van der Waals surface area contributed by atoms with Crippen molar-refractivity contribution in [1.82, 2.24) is 0 Å². The molecule has 0 saturated carbocycles. The van der Waals surface area contributed by atoms with Crippen LogP contribution >= 0.6 is 11.6 Å². The molecule has 21 heavy (non-hydrogen) atoms. The Kier molecular flexibility index (Phi) is 4.08. The molecule has 1 aliphatic rings. The third kappa shape index (κ3) is 3.10. The van der Waals surface area contributed by atoms with Crippen molar-refractivity contribution in [2.75, 3.05) is 0 Å². The summed E-state index contributed by atoms with van der Waals surface area (Å²) in [5, 5.41) is 11.7. The number of fused-ring (bicyclic) bond motifs is 1. The van der Waals surface area contributed by atoms with E-state index in [1.165, 1.54) is 12.1 Å². The summed E-state index contributed by atoms with van der Waals surface area (Å²) in [6, 6.07) is 2.60. The van der Waals surface area contributed by atoms with E-state index < -0.39 is 30.7 Å². The SMILES string of the molecule is O=NCc1cc(Cl)cc2c1OC(C(F)(F)F)C(C(=O)O)C2. The predicted octanol–water partition coefficient (Wildman–Crippen LogP) is 3.17. The number of carboxylic acids is 1. The highest BCUT2D eigenvalue weighted by Gasteiger charge is 2.52. The number of aliphatic carboxylic acids is 1. The highest BCUT2D eigenvalue weighted by molar-refractivity contribution is 6.30. The van der Waals surface area contributed by atoms with Gasteiger partial charge in [-0.15, -0.1) is 0 Å². The number of hydrogen-bond donors (Lipinski definition) is 1. The van der Waals surface area contributed by atoms with Crippen LogP contribution in [0.2, 0.25) is 5.02 Å². The Morgan fingerprint density at radius 1 is 1.48 bits per heavy atom. The summed E-state index contributed by atoms with van der Waals surface area (Å²) in [5.41, 5.74) is 0.319. The van der Waals surface area contributed by atoms with Gasteiger partial charge in [-0.1, -0.05) is 16.8 Å². The molecule has 1 aliphatic heterocycles. The van der Waals surface area contributed by atoms with Crippen molar-refractivity contribution < 1.29 is 27.8 Å². The van der Waals surface area contributed by atoms with E-state index in [2.05, 4.69) is 5.18 Å². The van der Waals surface area contributed by atoms with Crippen LogP contribution in [0.15, 0.2) is 17.3 Å². The average Bonchev–Trinajstić information content (AvgIpc) is 2.36. The molecule has 0 aliphatic carbocycles. The number of hydrogen-bond acceptors (Lipinski definition) is 4. The first-order valence-corrected chi connectivity index (χ1v) is 6.18. The molecular formula is C12H9ClF3NO4. The molecule has 0 amide bonds. The number of halogens is 4. The molecule has 0 fully saturated rings. The second kappa shape index (κ2) is 5.51. The predicted molar refractivity (Wildman–Crippen MR) is 66.3 cm³/mol. The zero-order valence-corrected chi connectivity index (χ0v) is 11.1. The maximum atomic E-state index is 12.9. The molecule has 0 spiro atoms. The standard InChI is InChI=1S/C12H9ClF3NO4/c13-7-1-5-3-8(11(18)19)10(12(14,15)16)21-9(5)6(2-7)4-17-20/h1-2,8,10H,3-4H2,(H,18,19). The number of rotatable bonds is 3. The van der Waals surface area contributed by atoms with Crippen molar-refractivity contribution in [1.29, 1.82) is 0 Å². The van der Waals surface area contributed by atoms with Gasteiger partial charge in [0.1, 0.15) is 18.2 Å². The number of carboxylic acid groups (broad SMARTS) is 1. The molecule has 1 aromatic carbocycles. The Morgan fingerprint density at radius 3 is 2.67 bits per heavy atom. The van der Waals surface area contributed by atoms with Crippen LogP contribution in [0.5, 0.6) is 5.75 Å². The molecule has 0 bridgehead atoms. The highest BCUT2D eigenvalue weighted by Crippen LogP contribution is 2.41. The largest absolute Gasteiger partial charge is 0.481 e. The lowest BCUT2D eigenvalue weighted by Gasteiger charge is -2.33. The van der Waals surface area contributed by atoms with Crippen LogP contribution in [0.4, 0.5) is 13.2 Å². The maximum Gasteiger partial charge on any atom is 0.426 e. The Balaban J connectivity index is 2.51. The fraction of sp³-hybridized carbons (Fsp3) is 0.417. The molecule has 5 nitrogen and oxygen atoms in total. The van der Waals surface area contributed by atoms with E-state index >= 15 is 0 Å². The number of benzene rings is 1. The third-order valence-corrected chi connectivity index (χ3v) is 3.35. The lowest BCUT2D eigenvalue weighted by atomic mass is 9.89. The van der Waals surface area contributed by atoms with Crippen molar-refractivity contribution in [2.45, 2.75) is 25.2 Å². The topological polar surface area (TPSA) is 76.0 Å². The number of carbonyl (C=O) groups is 1. The Bertz CT molecular complexity index is 591. The first-order chi connectivity index (χ1) is 9.74. The van der Waals surface area contributed by atoms with Gasteiger partial charge in [-0.3, -0.25) is 4.79 Å². The van der Waals surface area contributed by atoms with Crippen molar-refractivity contribution >= 4 is 17.6 Å². The maximum absolute atomic E-state index is 12.9. The molecule has 2 unspecified atom stereocenters. The second-order valence-electron chi connectivity index (χ2n) is 4.57. The van der Waals surface area contributed by atoms with Crippen LogP contribution in [-0.2, 0) is 17.8 Å². The summed E-state index contributed by atoms with van der Waals surface area (Å²) >= 11 is 5.80. The Labute approximate surface area is 121 Å². The van der Waals surface area contributed by atoms with Gasteiger partial charge in [0.25, 0.3) is 0 Å². The molecule has 0 radical (unpaired) electrons. The van der Waals surface area contributed by atoms with Crippen LogP contribution in [0.1, 0.15) is 11.1 Å². The highest BCUT2D eigenvalue weighted by atomic mass is 35.5. The van der Waals surface area contributed by atoms with Crippen LogP contribution < -0.4 is 4.74 Å². The fourth-order valence-corrected chi connectivity index (χ4v) is 2.53. The summed E-state index contributed by atoms with van der Waals surface area (Å²) in [5.74, 6) is -3.55. The molecule has 2 rings (SSSR count). The summed E-state index contributed by atoms with van der Waals surface area (Å²) in [6.45, 7) is -0.411. The van der Waals surface area contributed by atoms with Gasteiger partial charge in [0, 0.05) is 10.6 Å². The van der Waals surface area contributed by atoms with E-state index in [4.69, 9.17) is 21.4 Å². The first kappa shape index (κ1) is 15.6. The van der Waals surface area contributed by atoms with Gasteiger partial charge in [-0.2, -0.15) is 18.1 Å². The van der Waals surface area contributed by atoms with Gasteiger partial charge in [0.05, 0.1) is 0 Å². The van der Waals surface area contributed by atoms with E-state index in [0.29, 0.717) is 0 Å². The monoisotopic (exact) mass is 323 g/mol. The molecule has 2 atom stereocenters. The van der Waals surface area contributed by atoms with Crippen LogP contribution in [-0.4, -0.2) is 23.4 Å². The summed E-state index contributed by atoms with van der Waals surface area (Å²) in [7, 11) is 0. The van der Waals surface area contributed by atoms with Crippen molar-refractivity contribution in [3.05, 3.63) is 33.2 Å². The van der Waals surface area contributed by atoms with E-state index in [0.717, 1.165) is 0 Å². The fourth-order valence-electron chi connectivity index (χ4n) is 2.27. The lowest BCUT2D eigenvalue weighted by molar-refractivity contribution is -0.217. The molecule has 9 heteroatoms. The number of alkyl halides is 3. The molecular weight excluding hydrogens is 315 g/mol. The molecule has 0 saturated heterocycles. The number of nitrogens with zero attached hydrogens (tertiary/aromatic N) is 1. The minimum Gasteiger partial charge on any atom is -0.481 e. The average molecular weight is 324 g/mol. The van der Waals surface area contributed by atoms with Gasteiger partial charge >= 0.3 is 12.1 Å². The number of nitroso groups, excluding NO2 is 1. The summed E-state index contributed by atoms with van der Waals surface area (Å²) in [6.07, 6.45) is -7.71. The zero-order valence-electron chi connectivity index (χ0n) is 10.4. The van der Waals surface area contributed by atoms with E-state index in [1.807, 2.05) is 0 Å². The third-order valence-electron chi connectivity index (χ3n) is 3.13. The van der Waals surface area contributed by atoms with Crippen molar-refractivity contribution in [3.63, 3.8) is 0 Å². The van der Waals surface area contributed by atoms with Crippen LogP contribution in [0, 0.1) is 10.8 Å². The van der Waals surface area contributed by atoms with E-state index in [1.54, 1.807) is 0 Å². The molecule has 1 N–H and O–H groups in total. The minimum atomic E-state index is -4.84. The zero-order chi connectivity index (χ0) is 15.8. The molecule has 1 heterocycles. The molecule has 0 aromatic heterocycles. The normalized spacial score (nSPS) is 21.3. The van der Waals surface area contributed by atoms with Gasteiger partial charge in [-0.25, -0.2) is 0 Å². The van der Waals surface area contributed by atoms with E-state index in [9.17, 15) is 22.9 Å². The van der Waals surface area contributed by atoms with Gasteiger partial charge in [-0.05, 0) is 24.1 Å². The van der Waals surface area contributed by atoms with Gasteiger partial charge < -0.3 is 9.84 Å². The summed E-state index contributed by atoms with van der Waals surface area (Å²) in [4.78, 5) is 21.4. The smallest absolute Gasteiger partial charge is 0.426 e. The Hall–Kier alpha value is -1.83. The number of ether oxygens (including phenoxy) is 1. The Morgan fingerprint density at radius 2 is 2.14 bits per heavy atom. The van der Waals surface area contributed by atoms with E-state index in [-0.39, 0.29) is 28.3 Å². The summed E-state index contributed by atoms with van der Waals surface area (Å²) < 4.78 is 43.7. The van der Waals surface area contributed by atoms with Crippen molar-refractivity contribution in [3.8, 4) is 5.75 Å². The first-order valence-electron chi connectivity index (χ1n) is 5.80. The van der Waals surface area contributed by atoms with Crippen LogP contribution in [0.25, 0.3) is 0 Å². The molecule has 114 valence electrons. The molecule has 1 aromatic rings. The quantitative estimate of drug-likeness (QED) is 0.867. The van der Waals surface area contributed by atoms with Crippen molar-refractivity contribution in [2.24, 2.45) is 11.1 Å². The van der Waals surface area contributed by atoms with Gasteiger partial charge in [0.2, 0.25) is 6.10 Å². The second-order valence-corrected chi connectivity index (χ2v) is 5.01.